The Morgan fingerprint density at radius 1 is 1.32 bits per heavy atom. The SMILES string of the molecule is Cc1cc2c(c(=O)o1)C=C1CC[C@H](C(C)CNCc3cccc(O)c3)C[C@@H]1O2. The second-order valence-electron chi connectivity index (χ2n) is 8.06. The van der Waals surface area contributed by atoms with Crippen LogP contribution in [0.3, 0.4) is 0 Å². The first kappa shape index (κ1) is 18.8. The van der Waals surface area contributed by atoms with E-state index in [0.29, 0.717) is 34.7 Å². The fourth-order valence-electron chi connectivity index (χ4n) is 4.30. The van der Waals surface area contributed by atoms with Gasteiger partial charge in [-0.3, -0.25) is 0 Å². The molecule has 5 nitrogen and oxygen atoms in total. The van der Waals surface area contributed by atoms with Crippen molar-refractivity contribution in [1.82, 2.24) is 5.32 Å². The van der Waals surface area contributed by atoms with Crippen molar-refractivity contribution >= 4 is 6.08 Å². The van der Waals surface area contributed by atoms with Gasteiger partial charge in [-0.05, 0) is 73.9 Å². The Balaban J connectivity index is 1.36. The minimum absolute atomic E-state index is 0.0565. The van der Waals surface area contributed by atoms with Crippen LogP contribution < -0.4 is 15.7 Å². The molecule has 1 saturated carbocycles. The molecule has 3 atom stereocenters. The highest BCUT2D eigenvalue weighted by Gasteiger charge is 2.33. The quantitative estimate of drug-likeness (QED) is 0.818. The Hall–Kier alpha value is -2.53. The van der Waals surface area contributed by atoms with Crippen molar-refractivity contribution in [2.75, 3.05) is 6.54 Å². The van der Waals surface area contributed by atoms with Crippen LogP contribution in [0.5, 0.6) is 11.5 Å². The molecule has 0 spiro atoms. The van der Waals surface area contributed by atoms with Gasteiger partial charge in [0.15, 0.2) is 0 Å². The molecule has 0 saturated heterocycles. The second-order valence-corrected chi connectivity index (χ2v) is 8.06. The molecule has 1 aromatic heterocycles. The standard InChI is InChI=1S/C23H27NO4/c1-14(12-24-13-16-4-3-5-19(25)9-16)17-6-7-18-10-20-22(28-21(18)11-17)8-15(2)27-23(20)26/h3-5,8-10,14,17,21,24-25H,6-7,11-13H2,1-2H3/t14?,17-,21-/m0/s1. The van der Waals surface area contributed by atoms with E-state index in [-0.39, 0.29) is 11.7 Å². The molecule has 148 valence electrons. The Labute approximate surface area is 165 Å². The molecule has 2 aromatic rings. The van der Waals surface area contributed by atoms with Crippen LogP contribution in [0.15, 0.2) is 45.1 Å². The van der Waals surface area contributed by atoms with Crippen LogP contribution in [-0.4, -0.2) is 17.8 Å². The molecule has 1 fully saturated rings. The van der Waals surface area contributed by atoms with Gasteiger partial charge in [-0.25, -0.2) is 4.79 Å². The van der Waals surface area contributed by atoms with Gasteiger partial charge in [0, 0.05) is 12.6 Å². The molecule has 2 heterocycles. The molecule has 2 aliphatic rings. The van der Waals surface area contributed by atoms with Gasteiger partial charge in [0.05, 0.1) is 0 Å². The fraction of sp³-hybridized carbons (Fsp3) is 0.435. The third-order valence-electron chi connectivity index (χ3n) is 5.92. The van der Waals surface area contributed by atoms with Crippen LogP contribution in [0.2, 0.25) is 0 Å². The molecule has 5 heteroatoms. The highest BCUT2D eigenvalue weighted by molar-refractivity contribution is 5.62. The molecule has 1 unspecified atom stereocenters. The third-order valence-corrected chi connectivity index (χ3v) is 5.92. The van der Waals surface area contributed by atoms with E-state index in [0.717, 1.165) is 37.9 Å². The van der Waals surface area contributed by atoms with E-state index in [4.69, 9.17) is 9.15 Å². The van der Waals surface area contributed by atoms with Gasteiger partial charge in [0.2, 0.25) is 0 Å². The van der Waals surface area contributed by atoms with E-state index in [2.05, 4.69) is 12.2 Å². The maximum Gasteiger partial charge on any atom is 0.346 e. The van der Waals surface area contributed by atoms with Crippen molar-refractivity contribution in [3.8, 4) is 11.5 Å². The Bertz CT molecular complexity index is 946. The minimum atomic E-state index is -0.312. The zero-order chi connectivity index (χ0) is 19.7. The lowest BCUT2D eigenvalue weighted by Crippen LogP contribution is -2.36. The number of rotatable bonds is 5. The molecule has 0 amide bonds. The van der Waals surface area contributed by atoms with Crippen molar-refractivity contribution < 1.29 is 14.3 Å². The number of fused-ring (bicyclic) bond motifs is 2. The molecule has 1 aliphatic carbocycles. The zero-order valence-corrected chi connectivity index (χ0v) is 16.4. The summed E-state index contributed by atoms with van der Waals surface area (Å²) in [6, 6.07) is 9.17. The number of phenols is 1. The molecule has 2 N–H and O–H groups in total. The monoisotopic (exact) mass is 381 g/mol. The molecule has 1 aromatic carbocycles. The predicted octanol–water partition coefficient (Wildman–Crippen LogP) is 4.02. The highest BCUT2D eigenvalue weighted by Crippen LogP contribution is 2.40. The van der Waals surface area contributed by atoms with Crippen LogP contribution in [0.4, 0.5) is 0 Å². The van der Waals surface area contributed by atoms with Crippen LogP contribution in [0.25, 0.3) is 6.08 Å². The number of hydrogen-bond acceptors (Lipinski definition) is 5. The predicted molar refractivity (Wildman–Crippen MR) is 108 cm³/mol. The maximum atomic E-state index is 12.1. The number of aromatic hydroxyl groups is 1. The molecule has 0 radical (unpaired) electrons. The third kappa shape index (κ3) is 3.99. The zero-order valence-electron chi connectivity index (χ0n) is 16.4. The van der Waals surface area contributed by atoms with Crippen molar-refractivity contribution in [1.29, 1.82) is 0 Å². The lowest BCUT2D eigenvalue weighted by Gasteiger charge is -2.37. The Kier molecular flexibility index (Phi) is 5.27. The number of phenolic OH excluding ortho intramolecular Hbond substituents is 1. The molecule has 1 aliphatic heterocycles. The average Bonchev–Trinajstić information content (AvgIpc) is 2.66. The van der Waals surface area contributed by atoms with Crippen LogP contribution in [-0.2, 0) is 6.54 Å². The molecular formula is C23H27NO4. The van der Waals surface area contributed by atoms with E-state index in [1.54, 1.807) is 19.1 Å². The number of nitrogens with one attached hydrogen (secondary N) is 1. The first-order valence-corrected chi connectivity index (χ1v) is 10.00. The minimum Gasteiger partial charge on any atom is -0.508 e. The summed E-state index contributed by atoms with van der Waals surface area (Å²) in [5, 5.41) is 13.1. The van der Waals surface area contributed by atoms with E-state index in [9.17, 15) is 9.90 Å². The van der Waals surface area contributed by atoms with Crippen molar-refractivity contribution in [3.05, 3.63) is 63.2 Å². The highest BCUT2D eigenvalue weighted by atomic mass is 16.5. The number of hydrogen-bond donors (Lipinski definition) is 2. The van der Waals surface area contributed by atoms with Gasteiger partial charge in [0.25, 0.3) is 0 Å². The Morgan fingerprint density at radius 2 is 2.18 bits per heavy atom. The summed E-state index contributed by atoms with van der Waals surface area (Å²) < 4.78 is 11.4. The van der Waals surface area contributed by atoms with Crippen molar-refractivity contribution in [2.45, 2.75) is 45.8 Å². The molecule has 0 bridgehead atoms. The van der Waals surface area contributed by atoms with E-state index in [1.165, 1.54) is 5.57 Å². The maximum absolute atomic E-state index is 12.1. The van der Waals surface area contributed by atoms with Crippen molar-refractivity contribution in [2.24, 2.45) is 11.8 Å². The molecule has 4 rings (SSSR count). The fourth-order valence-corrected chi connectivity index (χ4v) is 4.30. The van der Waals surface area contributed by atoms with Gasteiger partial charge in [0.1, 0.15) is 28.9 Å². The summed E-state index contributed by atoms with van der Waals surface area (Å²) >= 11 is 0. The summed E-state index contributed by atoms with van der Waals surface area (Å²) in [5.41, 5.74) is 2.53. The van der Waals surface area contributed by atoms with Gasteiger partial charge in [-0.1, -0.05) is 19.1 Å². The number of ether oxygens (including phenoxy) is 1. The summed E-state index contributed by atoms with van der Waals surface area (Å²) in [7, 11) is 0. The first-order chi connectivity index (χ1) is 13.5. The normalized spacial score (nSPS) is 21.9. The largest absolute Gasteiger partial charge is 0.508 e. The Morgan fingerprint density at radius 3 is 3.00 bits per heavy atom. The van der Waals surface area contributed by atoms with E-state index < -0.39 is 0 Å². The molecule has 28 heavy (non-hydrogen) atoms. The lowest BCUT2D eigenvalue weighted by atomic mass is 9.76. The number of benzene rings is 1. The lowest BCUT2D eigenvalue weighted by molar-refractivity contribution is 0.140. The van der Waals surface area contributed by atoms with E-state index >= 15 is 0 Å². The summed E-state index contributed by atoms with van der Waals surface area (Å²) in [6.45, 7) is 5.73. The van der Waals surface area contributed by atoms with Gasteiger partial charge in [-0.15, -0.1) is 0 Å². The number of aryl methyl sites for hydroxylation is 1. The van der Waals surface area contributed by atoms with Gasteiger partial charge in [-0.2, -0.15) is 0 Å². The summed E-state index contributed by atoms with van der Waals surface area (Å²) in [6.07, 6.45) is 5.07. The smallest absolute Gasteiger partial charge is 0.346 e. The summed E-state index contributed by atoms with van der Waals surface area (Å²) in [4.78, 5) is 12.1. The first-order valence-electron chi connectivity index (χ1n) is 10.00. The van der Waals surface area contributed by atoms with Gasteiger partial charge < -0.3 is 19.6 Å². The topological polar surface area (TPSA) is 71.7 Å². The second kappa shape index (κ2) is 7.84. The van der Waals surface area contributed by atoms with Gasteiger partial charge >= 0.3 is 5.63 Å². The molecular weight excluding hydrogens is 354 g/mol. The van der Waals surface area contributed by atoms with Crippen LogP contribution >= 0.6 is 0 Å². The van der Waals surface area contributed by atoms with E-state index in [1.807, 2.05) is 24.3 Å². The van der Waals surface area contributed by atoms with Crippen molar-refractivity contribution in [3.63, 3.8) is 0 Å². The van der Waals surface area contributed by atoms with Crippen LogP contribution in [0.1, 0.15) is 43.1 Å². The van der Waals surface area contributed by atoms with Crippen LogP contribution in [0, 0.1) is 18.8 Å². The summed E-state index contributed by atoms with van der Waals surface area (Å²) in [5.74, 6) is 2.63. The average molecular weight is 381 g/mol.